The molecule has 1 aromatic carbocycles. The molecule has 6 heteroatoms. The summed E-state index contributed by atoms with van der Waals surface area (Å²) in [6, 6.07) is 8.89. The van der Waals surface area contributed by atoms with Gasteiger partial charge in [-0.3, -0.25) is 9.78 Å². The molecule has 0 saturated heterocycles. The van der Waals surface area contributed by atoms with Crippen molar-refractivity contribution in [1.82, 2.24) is 4.98 Å². The predicted octanol–water partition coefficient (Wildman–Crippen LogP) is 4.02. The summed E-state index contributed by atoms with van der Waals surface area (Å²) in [4.78, 5) is 28.5. The number of hydrogen-bond donors (Lipinski definition) is 1. The summed E-state index contributed by atoms with van der Waals surface area (Å²) in [5.41, 5.74) is 2.87. The SMILES string of the molecule is C=C(C)COc1ccc2c(C)c(CCC(=O)Nc3cccnc3)c(=O)oc2c1. The lowest BCUT2D eigenvalue weighted by atomic mass is 10.0. The van der Waals surface area contributed by atoms with Crippen molar-refractivity contribution < 1.29 is 13.9 Å². The first-order chi connectivity index (χ1) is 13.4. The van der Waals surface area contributed by atoms with Crippen LogP contribution in [-0.2, 0) is 11.2 Å². The Morgan fingerprint density at radius 2 is 2.14 bits per heavy atom. The minimum atomic E-state index is -0.434. The number of ether oxygens (including phenoxy) is 1. The first-order valence-corrected chi connectivity index (χ1v) is 8.97. The second kappa shape index (κ2) is 8.52. The standard InChI is InChI=1S/C22H22N2O4/c1-14(2)13-27-17-6-7-18-15(3)19(22(26)28-20(18)11-17)8-9-21(25)24-16-5-4-10-23-12-16/h4-7,10-12H,1,8-9,13H2,2-3H3,(H,24,25). The van der Waals surface area contributed by atoms with Crippen molar-refractivity contribution in [1.29, 1.82) is 0 Å². The van der Waals surface area contributed by atoms with E-state index < -0.39 is 5.63 Å². The molecule has 3 aromatic rings. The molecule has 2 aromatic heterocycles. The Bertz CT molecular complexity index is 1070. The van der Waals surface area contributed by atoms with Gasteiger partial charge in [-0.15, -0.1) is 0 Å². The number of pyridine rings is 1. The second-order valence-electron chi connectivity index (χ2n) is 6.69. The molecule has 0 aliphatic heterocycles. The molecule has 0 radical (unpaired) electrons. The van der Waals surface area contributed by atoms with E-state index in [0.717, 1.165) is 16.5 Å². The van der Waals surface area contributed by atoms with Crippen molar-refractivity contribution in [2.75, 3.05) is 11.9 Å². The summed E-state index contributed by atoms with van der Waals surface area (Å²) in [5, 5.41) is 3.59. The molecule has 2 heterocycles. The molecule has 0 aliphatic carbocycles. The van der Waals surface area contributed by atoms with Gasteiger partial charge in [0.25, 0.3) is 0 Å². The van der Waals surface area contributed by atoms with E-state index in [4.69, 9.17) is 9.15 Å². The third kappa shape index (κ3) is 4.65. The number of rotatable bonds is 7. The number of aromatic nitrogens is 1. The molecule has 0 spiro atoms. The fraction of sp³-hybridized carbons (Fsp3) is 0.227. The Morgan fingerprint density at radius 1 is 1.32 bits per heavy atom. The molecule has 6 nitrogen and oxygen atoms in total. The van der Waals surface area contributed by atoms with Gasteiger partial charge in [0.2, 0.25) is 5.91 Å². The van der Waals surface area contributed by atoms with E-state index in [9.17, 15) is 9.59 Å². The average molecular weight is 378 g/mol. The molecule has 0 fully saturated rings. The Kier molecular flexibility index (Phi) is 5.89. The van der Waals surface area contributed by atoms with Crippen molar-refractivity contribution in [2.24, 2.45) is 0 Å². The van der Waals surface area contributed by atoms with E-state index in [1.165, 1.54) is 0 Å². The maximum Gasteiger partial charge on any atom is 0.339 e. The van der Waals surface area contributed by atoms with Crippen LogP contribution in [0.3, 0.4) is 0 Å². The van der Waals surface area contributed by atoms with Gasteiger partial charge in [-0.1, -0.05) is 6.58 Å². The first-order valence-electron chi connectivity index (χ1n) is 8.97. The van der Waals surface area contributed by atoms with Crippen LogP contribution in [0.5, 0.6) is 5.75 Å². The zero-order chi connectivity index (χ0) is 20.1. The number of nitrogens with one attached hydrogen (secondary N) is 1. The van der Waals surface area contributed by atoms with Gasteiger partial charge in [0.15, 0.2) is 0 Å². The van der Waals surface area contributed by atoms with Crippen LogP contribution in [0.25, 0.3) is 11.0 Å². The Morgan fingerprint density at radius 3 is 2.86 bits per heavy atom. The minimum Gasteiger partial charge on any atom is -0.489 e. The molecule has 0 unspecified atom stereocenters. The lowest BCUT2D eigenvalue weighted by Gasteiger charge is -2.10. The van der Waals surface area contributed by atoms with Gasteiger partial charge < -0.3 is 14.5 Å². The number of carbonyl (C=O) groups is 1. The number of benzene rings is 1. The summed E-state index contributed by atoms with van der Waals surface area (Å²) in [7, 11) is 0. The van der Waals surface area contributed by atoms with Crippen LogP contribution < -0.4 is 15.7 Å². The van der Waals surface area contributed by atoms with Gasteiger partial charge in [0, 0.05) is 29.6 Å². The Labute approximate surface area is 162 Å². The number of nitrogens with zero attached hydrogens (tertiary/aromatic N) is 1. The van der Waals surface area contributed by atoms with Gasteiger partial charge in [0.1, 0.15) is 17.9 Å². The number of aryl methyl sites for hydroxylation is 1. The molecule has 1 N–H and O–H groups in total. The summed E-state index contributed by atoms with van der Waals surface area (Å²) in [5.74, 6) is 0.428. The molecule has 0 aliphatic rings. The average Bonchev–Trinajstić information content (AvgIpc) is 2.66. The molecular weight excluding hydrogens is 356 g/mol. The van der Waals surface area contributed by atoms with Gasteiger partial charge >= 0.3 is 5.63 Å². The van der Waals surface area contributed by atoms with Crippen LogP contribution in [-0.4, -0.2) is 17.5 Å². The van der Waals surface area contributed by atoms with E-state index in [1.54, 1.807) is 30.6 Å². The highest BCUT2D eigenvalue weighted by Crippen LogP contribution is 2.25. The maximum absolute atomic E-state index is 12.4. The summed E-state index contributed by atoms with van der Waals surface area (Å²) in [6.45, 7) is 7.94. The third-order valence-electron chi connectivity index (χ3n) is 4.29. The topological polar surface area (TPSA) is 81.4 Å². The molecule has 0 saturated carbocycles. The lowest BCUT2D eigenvalue weighted by molar-refractivity contribution is -0.116. The van der Waals surface area contributed by atoms with Gasteiger partial charge in [0.05, 0.1) is 11.9 Å². The van der Waals surface area contributed by atoms with Crippen molar-refractivity contribution in [2.45, 2.75) is 26.7 Å². The zero-order valence-corrected chi connectivity index (χ0v) is 16.0. The van der Waals surface area contributed by atoms with E-state index in [0.29, 0.717) is 35.6 Å². The van der Waals surface area contributed by atoms with Crippen LogP contribution in [0, 0.1) is 6.92 Å². The van der Waals surface area contributed by atoms with E-state index >= 15 is 0 Å². The van der Waals surface area contributed by atoms with E-state index in [-0.39, 0.29) is 12.3 Å². The van der Waals surface area contributed by atoms with Crippen molar-refractivity contribution in [3.8, 4) is 5.75 Å². The highest BCUT2D eigenvalue weighted by molar-refractivity contribution is 5.90. The van der Waals surface area contributed by atoms with Crippen LogP contribution in [0.15, 0.2) is 64.1 Å². The van der Waals surface area contributed by atoms with E-state index in [1.807, 2.05) is 26.0 Å². The number of anilines is 1. The molecule has 0 bridgehead atoms. The zero-order valence-electron chi connectivity index (χ0n) is 16.0. The fourth-order valence-corrected chi connectivity index (χ4v) is 2.86. The van der Waals surface area contributed by atoms with Crippen LogP contribution in [0.1, 0.15) is 24.5 Å². The lowest BCUT2D eigenvalue weighted by Crippen LogP contribution is -2.16. The largest absolute Gasteiger partial charge is 0.489 e. The summed E-state index contributed by atoms with van der Waals surface area (Å²) < 4.78 is 11.1. The van der Waals surface area contributed by atoms with E-state index in [2.05, 4.69) is 16.9 Å². The van der Waals surface area contributed by atoms with Gasteiger partial charge in [-0.2, -0.15) is 0 Å². The van der Waals surface area contributed by atoms with Crippen LogP contribution in [0.2, 0.25) is 0 Å². The van der Waals surface area contributed by atoms with Crippen LogP contribution >= 0.6 is 0 Å². The predicted molar refractivity (Wildman–Crippen MR) is 109 cm³/mol. The minimum absolute atomic E-state index is 0.172. The van der Waals surface area contributed by atoms with Crippen molar-refractivity contribution >= 4 is 22.6 Å². The molecule has 0 atom stereocenters. The molecule has 1 amide bonds. The second-order valence-corrected chi connectivity index (χ2v) is 6.69. The fourth-order valence-electron chi connectivity index (χ4n) is 2.86. The van der Waals surface area contributed by atoms with Gasteiger partial charge in [-0.25, -0.2) is 4.79 Å². The quantitative estimate of drug-likeness (QED) is 0.496. The summed E-state index contributed by atoms with van der Waals surface area (Å²) in [6.07, 6.45) is 3.67. The normalized spacial score (nSPS) is 10.6. The molecule has 28 heavy (non-hydrogen) atoms. The Balaban J connectivity index is 1.76. The molecule has 144 valence electrons. The highest BCUT2D eigenvalue weighted by atomic mass is 16.5. The number of hydrogen-bond acceptors (Lipinski definition) is 5. The highest BCUT2D eigenvalue weighted by Gasteiger charge is 2.14. The summed E-state index contributed by atoms with van der Waals surface area (Å²) >= 11 is 0. The van der Waals surface area contributed by atoms with Crippen molar-refractivity contribution in [3.05, 3.63) is 76.4 Å². The number of fused-ring (bicyclic) bond motifs is 1. The maximum atomic E-state index is 12.4. The molecule has 3 rings (SSSR count). The smallest absolute Gasteiger partial charge is 0.339 e. The first kappa shape index (κ1) is 19.4. The Hall–Kier alpha value is -3.41. The third-order valence-corrected chi connectivity index (χ3v) is 4.29. The van der Waals surface area contributed by atoms with Gasteiger partial charge in [-0.05, 0) is 55.7 Å². The van der Waals surface area contributed by atoms with Crippen molar-refractivity contribution in [3.63, 3.8) is 0 Å². The van der Waals surface area contributed by atoms with Crippen LogP contribution in [0.4, 0.5) is 5.69 Å². The monoisotopic (exact) mass is 378 g/mol. The number of carbonyl (C=O) groups excluding carboxylic acids is 1. The molecular formula is C22H22N2O4. The number of amides is 1.